The van der Waals surface area contributed by atoms with Crippen LogP contribution in [0.5, 0.6) is 0 Å². The van der Waals surface area contributed by atoms with Crippen molar-refractivity contribution in [3.63, 3.8) is 0 Å². The lowest BCUT2D eigenvalue weighted by Crippen LogP contribution is -2.43. The first-order valence-electron chi connectivity index (χ1n) is 6.55. The number of nitrogens with zero attached hydrogens (tertiary/aromatic N) is 1. The molecule has 1 amide bonds. The molecule has 1 heterocycles. The summed E-state index contributed by atoms with van der Waals surface area (Å²) in [6.45, 7) is 9.51. The molecule has 0 aromatic heterocycles. The van der Waals surface area contributed by atoms with E-state index in [4.69, 9.17) is 10.5 Å². The maximum atomic E-state index is 12.0. The molecule has 1 atom stereocenters. The van der Waals surface area contributed by atoms with E-state index in [1.807, 2.05) is 18.7 Å². The van der Waals surface area contributed by atoms with E-state index in [-0.39, 0.29) is 17.7 Å². The fourth-order valence-electron chi connectivity index (χ4n) is 2.57. The van der Waals surface area contributed by atoms with Gasteiger partial charge in [-0.15, -0.1) is 0 Å². The van der Waals surface area contributed by atoms with Gasteiger partial charge >= 0.3 is 6.09 Å². The van der Waals surface area contributed by atoms with Gasteiger partial charge < -0.3 is 15.4 Å². The van der Waals surface area contributed by atoms with Gasteiger partial charge in [0.25, 0.3) is 0 Å². The topological polar surface area (TPSA) is 55.6 Å². The number of rotatable bonds is 4. The lowest BCUT2D eigenvalue weighted by Gasteiger charge is -2.31. The molecule has 0 aromatic carbocycles. The number of hydrogen-bond donors (Lipinski definition) is 1. The maximum absolute atomic E-state index is 12.0. The van der Waals surface area contributed by atoms with Crippen molar-refractivity contribution in [2.45, 2.75) is 58.6 Å². The van der Waals surface area contributed by atoms with E-state index >= 15 is 0 Å². The molecular formula is C13H26N2O2. The summed E-state index contributed by atoms with van der Waals surface area (Å²) < 4.78 is 5.28. The summed E-state index contributed by atoms with van der Waals surface area (Å²) in [5.74, 6) is 0.563. The van der Waals surface area contributed by atoms with Gasteiger partial charge in [-0.3, -0.25) is 0 Å². The molecule has 0 saturated carbocycles. The van der Waals surface area contributed by atoms with Crippen LogP contribution < -0.4 is 5.73 Å². The van der Waals surface area contributed by atoms with Gasteiger partial charge in [0, 0.05) is 12.1 Å². The number of amides is 1. The molecule has 2 N–H and O–H groups in total. The van der Waals surface area contributed by atoms with Gasteiger partial charge in [-0.05, 0) is 59.4 Å². The smallest absolute Gasteiger partial charge is 0.410 e. The first kappa shape index (κ1) is 14.3. The van der Waals surface area contributed by atoms with E-state index in [0.29, 0.717) is 5.92 Å². The molecular weight excluding hydrogens is 216 g/mol. The largest absolute Gasteiger partial charge is 0.447 e. The second-order valence-corrected chi connectivity index (χ2v) is 5.86. The highest BCUT2D eigenvalue weighted by atomic mass is 16.6. The Balaban J connectivity index is 2.57. The van der Waals surface area contributed by atoms with Crippen LogP contribution in [0.4, 0.5) is 4.79 Å². The van der Waals surface area contributed by atoms with Crippen molar-refractivity contribution in [1.82, 2.24) is 4.90 Å². The molecule has 4 heteroatoms. The summed E-state index contributed by atoms with van der Waals surface area (Å²) in [4.78, 5) is 13.8. The fraction of sp³-hybridized carbons (Fsp3) is 0.923. The molecule has 0 aliphatic carbocycles. The van der Waals surface area contributed by atoms with Gasteiger partial charge in [-0.25, -0.2) is 4.79 Å². The van der Waals surface area contributed by atoms with Gasteiger partial charge in [0.05, 0.1) is 6.10 Å². The van der Waals surface area contributed by atoms with Crippen molar-refractivity contribution in [3.05, 3.63) is 0 Å². The van der Waals surface area contributed by atoms with E-state index in [2.05, 4.69) is 13.8 Å². The van der Waals surface area contributed by atoms with Crippen LogP contribution >= 0.6 is 0 Å². The average molecular weight is 242 g/mol. The van der Waals surface area contributed by atoms with E-state index in [1.165, 1.54) is 0 Å². The zero-order valence-electron chi connectivity index (χ0n) is 11.5. The Morgan fingerprint density at radius 2 is 2.18 bits per heavy atom. The van der Waals surface area contributed by atoms with E-state index in [0.717, 1.165) is 32.4 Å². The van der Waals surface area contributed by atoms with Crippen molar-refractivity contribution in [1.29, 1.82) is 0 Å². The Hall–Kier alpha value is -0.770. The summed E-state index contributed by atoms with van der Waals surface area (Å²) in [6.07, 6.45) is 2.95. The molecule has 17 heavy (non-hydrogen) atoms. The predicted octanol–water partition coefficient (Wildman–Crippen LogP) is 2.37. The number of likely N-dealkylation sites (tertiary alicyclic amines) is 1. The second-order valence-electron chi connectivity index (χ2n) is 5.86. The molecule has 1 fully saturated rings. The Kier molecular flexibility index (Phi) is 4.80. The number of ether oxygens (including phenoxy) is 1. The van der Waals surface area contributed by atoms with E-state index in [1.54, 1.807) is 0 Å². The van der Waals surface area contributed by atoms with Gasteiger partial charge in [0.1, 0.15) is 0 Å². The first-order valence-corrected chi connectivity index (χ1v) is 6.55. The van der Waals surface area contributed by atoms with Crippen LogP contribution in [0.25, 0.3) is 0 Å². The molecule has 1 aliphatic heterocycles. The van der Waals surface area contributed by atoms with Crippen LogP contribution in [0.3, 0.4) is 0 Å². The van der Waals surface area contributed by atoms with Crippen molar-refractivity contribution in [2.24, 2.45) is 11.7 Å². The molecule has 0 aromatic rings. The highest BCUT2D eigenvalue weighted by Crippen LogP contribution is 2.35. The van der Waals surface area contributed by atoms with Crippen molar-refractivity contribution < 1.29 is 9.53 Å². The van der Waals surface area contributed by atoms with Gasteiger partial charge in [0.15, 0.2) is 0 Å². The Labute approximate surface area is 104 Å². The van der Waals surface area contributed by atoms with Crippen molar-refractivity contribution in [2.75, 3.05) is 13.1 Å². The van der Waals surface area contributed by atoms with Gasteiger partial charge in [-0.1, -0.05) is 0 Å². The molecule has 0 bridgehead atoms. The summed E-state index contributed by atoms with van der Waals surface area (Å²) in [7, 11) is 0. The lowest BCUT2D eigenvalue weighted by molar-refractivity contribution is 0.0584. The average Bonchev–Trinajstić information content (AvgIpc) is 2.49. The minimum atomic E-state index is -0.180. The van der Waals surface area contributed by atoms with E-state index < -0.39 is 0 Å². The summed E-state index contributed by atoms with van der Waals surface area (Å²) in [6, 6.07) is 0. The molecule has 4 nitrogen and oxygen atoms in total. The van der Waals surface area contributed by atoms with Crippen LogP contribution in [-0.4, -0.2) is 35.7 Å². The summed E-state index contributed by atoms with van der Waals surface area (Å²) >= 11 is 0. The normalized spacial score (nSPS) is 23.2. The highest BCUT2D eigenvalue weighted by Gasteiger charge is 2.41. The molecule has 100 valence electrons. The van der Waals surface area contributed by atoms with Crippen LogP contribution in [0.1, 0.15) is 47.0 Å². The maximum Gasteiger partial charge on any atom is 0.410 e. The zero-order valence-corrected chi connectivity index (χ0v) is 11.5. The quantitative estimate of drug-likeness (QED) is 0.823. The molecule has 1 aliphatic rings. The Bertz CT molecular complexity index is 264. The summed E-state index contributed by atoms with van der Waals surface area (Å²) in [5.41, 5.74) is 5.44. The molecule has 0 unspecified atom stereocenters. The van der Waals surface area contributed by atoms with Crippen molar-refractivity contribution in [3.8, 4) is 0 Å². The third kappa shape index (κ3) is 3.87. The van der Waals surface area contributed by atoms with Crippen LogP contribution in [0.2, 0.25) is 0 Å². The van der Waals surface area contributed by atoms with Gasteiger partial charge in [-0.2, -0.15) is 0 Å². The van der Waals surface area contributed by atoms with Crippen LogP contribution in [0, 0.1) is 5.92 Å². The highest BCUT2D eigenvalue weighted by molar-refractivity contribution is 5.69. The third-order valence-corrected chi connectivity index (χ3v) is 3.33. The Morgan fingerprint density at radius 3 is 2.71 bits per heavy atom. The summed E-state index contributed by atoms with van der Waals surface area (Å²) in [5, 5.41) is 0. The molecule has 1 saturated heterocycles. The van der Waals surface area contributed by atoms with Gasteiger partial charge in [0.2, 0.25) is 0 Å². The van der Waals surface area contributed by atoms with Crippen molar-refractivity contribution >= 4 is 6.09 Å². The number of nitrogens with two attached hydrogens (primary N) is 1. The minimum Gasteiger partial charge on any atom is -0.447 e. The third-order valence-electron chi connectivity index (χ3n) is 3.33. The fourth-order valence-corrected chi connectivity index (χ4v) is 2.57. The Morgan fingerprint density at radius 1 is 1.53 bits per heavy atom. The number of carbonyl (C=O) groups is 1. The SMILES string of the molecule is CC(C)OC(=O)N1C[C@@H](CCCN)CC1(C)C. The number of hydrogen-bond acceptors (Lipinski definition) is 3. The molecule has 0 radical (unpaired) electrons. The lowest BCUT2D eigenvalue weighted by atomic mass is 9.93. The number of carbonyl (C=O) groups excluding carboxylic acids is 1. The standard InChI is InChI=1S/C13H26N2O2/c1-10(2)17-12(16)15-9-11(6-5-7-14)8-13(15,3)4/h10-11H,5-9,14H2,1-4H3/t11-/m0/s1. The zero-order chi connectivity index (χ0) is 13.1. The van der Waals surface area contributed by atoms with E-state index in [9.17, 15) is 4.79 Å². The van der Waals surface area contributed by atoms with Crippen LogP contribution in [-0.2, 0) is 4.74 Å². The molecule has 1 rings (SSSR count). The van der Waals surface area contributed by atoms with Crippen LogP contribution in [0.15, 0.2) is 0 Å². The minimum absolute atomic E-state index is 0.0543. The predicted molar refractivity (Wildman–Crippen MR) is 68.8 cm³/mol. The first-order chi connectivity index (χ1) is 7.86. The molecule has 0 spiro atoms. The second kappa shape index (κ2) is 5.71. The monoisotopic (exact) mass is 242 g/mol.